The summed E-state index contributed by atoms with van der Waals surface area (Å²) in [6.45, 7) is 11.6. The molecule has 0 radical (unpaired) electrons. The van der Waals surface area contributed by atoms with Crippen LogP contribution >= 0.6 is 0 Å². The number of imidazole rings is 1. The van der Waals surface area contributed by atoms with Crippen molar-refractivity contribution in [3.05, 3.63) is 146 Å². The van der Waals surface area contributed by atoms with Gasteiger partial charge in [-0.05, 0) is 162 Å². The summed E-state index contributed by atoms with van der Waals surface area (Å²) >= 11 is 0. The van der Waals surface area contributed by atoms with Crippen LogP contribution in [0.4, 0.5) is 11.4 Å². The smallest absolute Gasteiger partial charge is 0.332 e. The van der Waals surface area contributed by atoms with Gasteiger partial charge < -0.3 is 35.7 Å². The molecule has 0 atom stereocenters. The highest BCUT2D eigenvalue weighted by Crippen LogP contribution is 2.60. The van der Waals surface area contributed by atoms with Crippen LogP contribution in [-0.4, -0.2) is 119 Å². The van der Waals surface area contributed by atoms with E-state index >= 15 is 0 Å². The molecule has 3 aromatic carbocycles. The molecule has 4 saturated carbocycles. The molecule has 480 valence electrons. The molecule has 0 unspecified atom stereocenters. The lowest BCUT2D eigenvalue weighted by Gasteiger charge is -2.55. The standard InChI is InChI=1S/C66H82N10O12S2/c1-7-31-76-61(81)57-58(72-62(71-57)66-39-42-34-43(40-66)36-44(35-42)41-66)75(63(76)82)33-14-27-69-59(79)45-18-20-46(21-19-45)60(80)70-30-29-68-56(78)26-28-67-55(77)17-12-9-13-32-74-52-25-23-48(90(86,87)88)38-50(52)65(4,5)54(74)16-11-8-10-15-53-64(2,3)49-37-47(89(83,84)85)22-24-51(49)73(53)6/h8,10-11,15-16,18-25,37-38,42-44H,7,9,12-14,17,26-36,39-41H2,1-6H3,(H6-,67,68,69,70,71,72,77,78,79,80,81,83,84,85,86,87,88). The fraction of sp³-hybridized carbons (Fsp3) is 0.485. The summed E-state index contributed by atoms with van der Waals surface area (Å²) in [4.78, 5) is 89.0. The zero-order valence-electron chi connectivity index (χ0n) is 52.0. The predicted molar refractivity (Wildman–Crippen MR) is 341 cm³/mol. The maximum atomic E-state index is 13.8. The van der Waals surface area contributed by atoms with Crippen LogP contribution in [0.1, 0.15) is 156 Å². The molecule has 0 saturated heterocycles. The highest BCUT2D eigenvalue weighted by atomic mass is 32.2. The number of H-pyrrole nitrogens is 1. The van der Waals surface area contributed by atoms with E-state index in [1.165, 1.54) is 48.1 Å². The number of rotatable bonds is 26. The van der Waals surface area contributed by atoms with E-state index in [0.29, 0.717) is 90.8 Å². The molecule has 0 spiro atoms. The van der Waals surface area contributed by atoms with Gasteiger partial charge in [-0.1, -0.05) is 45.4 Å². The van der Waals surface area contributed by atoms with Crippen molar-refractivity contribution in [2.75, 3.05) is 44.7 Å². The Balaban J connectivity index is 0.630. The summed E-state index contributed by atoms with van der Waals surface area (Å²) in [5.74, 6) is 1.64. The summed E-state index contributed by atoms with van der Waals surface area (Å²) in [5, 5.41) is 11.2. The van der Waals surface area contributed by atoms with Crippen molar-refractivity contribution in [3.8, 4) is 0 Å². The number of nitrogens with one attached hydrogen (secondary N) is 5. The van der Waals surface area contributed by atoms with Crippen LogP contribution in [0.25, 0.3) is 11.2 Å². The van der Waals surface area contributed by atoms with E-state index in [0.717, 1.165) is 53.4 Å². The molecule has 6 N–H and O–H groups in total. The van der Waals surface area contributed by atoms with E-state index in [-0.39, 0.29) is 90.0 Å². The number of fused-ring (bicyclic) bond motifs is 3. The van der Waals surface area contributed by atoms with Gasteiger partial charge in [0.2, 0.25) is 17.5 Å². The molecule has 4 aliphatic carbocycles. The fourth-order valence-electron chi connectivity index (χ4n) is 14.8. The maximum absolute atomic E-state index is 13.8. The Morgan fingerprint density at radius 2 is 1.31 bits per heavy atom. The van der Waals surface area contributed by atoms with Crippen molar-refractivity contribution in [1.82, 2.24) is 40.4 Å². The second-order valence-corrected chi connectivity index (χ2v) is 28.8. The van der Waals surface area contributed by atoms with Crippen LogP contribution in [0, 0.1) is 17.8 Å². The lowest BCUT2D eigenvalue weighted by molar-refractivity contribution is -0.401. The monoisotopic (exact) mass is 1270 g/mol. The number of carbonyl (C=O) groups is 4. The molecular weight excluding hydrogens is 1190 g/mol. The molecule has 5 aromatic rings. The predicted octanol–water partition coefficient (Wildman–Crippen LogP) is 7.15. The third-order valence-electron chi connectivity index (χ3n) is 19.0. The van der Waals surface area contributed by atoms with Gasteiger partial charge in [-0.3, -0.25) is 37.7 Å². The summed E-state index contributed by atoms with van der Waals surface area (Å²) in [6.07, 6.45) is 19.8. The van der Waals surface area contributed by atoms with Crippen molar-refractivity contribution in [2.24, 2.45) is 17.8 Å². The number of aromatic nitrogens is 4. The van der Waals surface area contributed by atoms with Crippen LogP contribution in [0.15, 0.2) is 116 Å². The lowest BCUT2D eigenvalue weighted by Crippen LogP contribution is -2.49. The Hall–Kier alpha value is -7.80. The minimum atomic E-state index is -4.72. The van der Waals surface area contributed by atoms with Gasteiger partial charge in [-0.2, -0.15) is 13.0 Å². The first-order valence-electron chi connectivity index (χ1n) is 31.3. The number of carbonyl (C=O) groups excluding carboxylic acids is 4. The molecule has 4 fully saturated rings. The molecule has 90 heavy (non-hydrogen) atoms. The first-order chi connectivity index (χ1) is 42.7. The average molecular weight is 1270 g/mol. The third-order valence-corrected chi connectivity index (χ3v) is 20.7. The first kappa shape index (κ1) is 65.2. The minimum absolute atomic E-state index is 0.0353. The Morgan fingerprint density at radius 1 is 0.700 bits per heavy atom. The van der Waals surface area contributed by atoms with Crippen molar-refractivity contribution >= 4 is 72.1 Å². The molecular formula is C66H82N10O12S2. The highest BCUT2D eigenvalue weighted by Gasteiger charge is 2.53. The zero-order chi connectivity index (χ0) is 64.5. The van der Waals surface area contributed by atoms with E-state index in [2.05, 4.69) is 31.2 Å². The van der Waals surface area contributed by atoms with Gasteiger partial charge in [0.05, 0.1) is 15.2 Å². The van der Waals surface area contributed by atoms with Gasteiger partial charge in [-0.25, -0.2) is 18.2 Å². The zero-order valence-corrected chi connectivity index (χ0v) is 53.7. The van der Waals surface area contributed by atoms with Gasteiger partial charge >= 0.3 is 5.69 Å². The summed E-state index contributed by atoms with van der Waals surface area (Å²) in [6, 6.07) is 15.1. The van der Waals surface area contributed by atoms with E-state index in [9.17, 15) is 54.7 Å². The van der Waals surface area contributed by atoms with Gasteiger partial charge in [0, 0.05) is 110 Å². The van der Waals surface area contributed by atoms with Gasteiger partial charge in [0.1, 0.15) is 28.5 Å². The average Bonchev–Trinajstić information content (AvgIpc) is 1.47. The Kier molecular flexibility index (Phi) is 19.0. The molecule has 6 aliphatic rings. The lowest BCUT2D eigenvalue weighted by atomic mass is 9.49. The number of aromatic amines is 1. The summed E-state index contributed by atoms with van der Waals surface area (Å²) in [5.41, 5.74) is 4.13. The van der Waals surface area contributed by atoms with E-state index in [1.807, 2.05) is 76.6 Å². The molecule has 2 aromatic heterocycles. The molecule has 4 amide bonds. The van der Waals surface area contributed by atoms with Crippen LogP contribution in [0.5, 0.6) is 0 Å². The van der Waals surface area contributed by atoms with Gasteiger partial charge in [0.25, 0.3) is 27.5 Å². The SMILES string of the molecule is CCCn1c(=O)c2[nH]c(C34CC5CC(CC(C5)C3)C4)nc2n(CCCNC(=O)c2ccc(C(=O)NCCNC(=O)CCNC(=O)CCCCCN3C(=CC=CC=CC4=[N+](C)c5ccc(S(=O)(=O)O)cc5C4(C)C)C(C)(C)c4cc(S(=O)(=O)[O-])ccc43)cc2)c1=O. The third kappa shape index (κ3) is 13.6. The van der Waals surface area contributed by atoms with Gasteiger partial charge in [0.15, 0.2) is 11.4 Å². The molecule has 24 heteroatoms. The Labute approximate surface area is 524 Å². The molecule has 22 nitrogen and oxygen atoms in total. The maximum Gasteiger partial charge on any atom is 0.332 e. The fourth-order valence-corrected chi connectivity index (χ4v) is 15.8. The van der Waals surface area contributed by atoms with Crippen LogP contribution in [0.3, 0.4) is 0 Å². The summed E-state index contributed by atoms with van der Waals surface area (Å²) in [7, 11) is -7.22. The summed E-state index contributed by atoms with van der Waals surface area (Å²) < 4.78 is 74.6. The van der Waals surface area contributed by atoms with E-state index in [1.54, 1.807) is 41.0 Å². The molecule has 4 bridgehead atoms. The quantitative estimate of drug-likeness (QED) is 0.0139. The normalized spacial score (nSPS) is 21.0. The largest absolute Gasteiger partial charge is 0.744 e. The molecule has 11 rings (SSSR count). The number of allylic oxidation sites excluding steroid dienone is 6. The Morgan fingerprint density at radius 3 is 1.96 bits per heavy atom. The van der Waals surface area contributed by atoms with Crippen LogP contribution in [-0.2, 0) is 59.2 Å². The number of hydrogen-bond donors (Lipinski definition) is 6. The minimum Gasteiger partial charge on any atom is -0.744 e. The first-order valence-corrected chi connectivity index (χ1v) is 34.2. The number of hydrogen-bond acceptors (Lipinski definition) is 13. The van der Waals surface area contributed by atoms with Crippen molar-refractivity contribution in [1.29, 1.82) is 0 Å². The van der Waals surface area contributed by atoms with Crippen molar-refractivity contribution < 1.29 is 49.7 Å². The van der Waals surface area contributed by atoms with Crippen molar-refractivity contribution in [3.63, 3.8) is 0 Å². The molecule has 2 aliphatic heterocycles. The number of amides is 4. The second-order valence-electron chi connectivity index (χ2n) is 26.0. The van der Waals surface area contributed by atoms with Gasteiger partial charge in [-0.15, -0.1) is 0 Å². The number of benzene rings is 3. The van der Waals surface area contributed by atoms with Crippen molar-refractivity contribution in [2.45, 2.75) is 157 Å². The number of aryl methyl sites for hydroxylation is 1. The topological polar surface area (TPSA) is 307 Å². The van der Waals surface area contributed by atoms with Crippen LogP contribution < -0.4 is 37.4 Å². The number of unbranched alkanes of at least 4 members (excludes halogenated alkanes) is 2. The second kappa shape index (κ2) is 26.2. The van der Waals surface area contributed by atoms with Crippen LogP contribution in [0.2, 0.25) is 0 Å². The van der Waals surface area contributed by atoms with E-state index < -0.39 is 36.8 Å². The number of anilines is 1. The van der Waals surface area contributed by atoms with E-state index in [4.69, 9.17) is 4.98 Å². The molecule has 4 heterocycles. The highest BCUT2D eigenvalue weighted by molar-refractivity contribution is 7.86. The Bertz CT molecular complexity index is 4100. The number of nitrogens with zero attached hydrogens (tertiary/aromatic N) is 5.